The number of hydrogen-bond acceptors (Lipinski definition) is 1. The first-order valence-electron chi connectivity index (χ1n) is 9.26. The summed E-state index contributed by atoms with van der Waals surface area (Å²) in [6, 6.07) is 0. The number of unbranched alkanes of at least 4 members (excludes halogenated alkanes) is 9. The average molecular weight is 315 g/mol. The van der Waals surface area contributed by atoms with Crippen LogP contribution in [-0.4, -0.2) is 5.94 Å². The number of hydrogen-bond donors (Lipinski definition) is 0. The highest BCUT2D eigenvalue weighted by atomic mass is 16.1. The van der Waals surface area contributed by atoms with Crippen LogP contribution in [0, 0.1) is 0 Å². The van der Waals surface area contributed by atoms with E-state index < -0.39 is 0 Å². The van der Waals surface area contributed by atoms with Crippen LogP contribution in [0.15, 0.2) is 54.7 Å². The lowest BCUT2D eigenvalue weighted by Crippen LogP contribution is -1.80. The molecule has 0 aliphatic rings. The van der Waals surface area contributed by atoms with Crippen LogP contribution in [0.2, 0.25) is 0 Å². The molecule has 0 radical (unpaired) electrons. The predicted molar refractivity (Wildman–Crippen MR) is 103 cm³/mol. The standard InChI is InChI=1S/C22H34O/c1-2-3-4-5-6-7-8-9-10-11-12-13-14-15-16-17-18-19-20-21-22-23/h12-19,21H,2-11,20H2,1H3/b13-12+,15-14+,17-16+,19-18+. The average Bonchev–Trinajstić information content (AvgIpc) is 2.57. The Hall–Kier alpha value is -1.59. The third kappa shape index (κ3) is 20.4. The minimum atomic E-state index is 0.649. The molecule has 0 unspecified atom stereocenters. The first-order valence-corrected chi connectivity index (χ1v) is 9.26. The first kappa shape index (κ1) is 21.4. The van der Waals surface area contributed by atoms with Crippen molar-refractivity contribution in [3.8, 4) is 0 Å². The van der Waals surface area contributed by atoms with E-state index in [1.165, 1.54) is 70.3 Å². The van der Waals surface area contributed by atoms with Gasteiger partial charge in [0, 0.05) is 6.08 Å². The molecule has 0 heterocycles. The number of carbonyl (C=O) groups excluding carboxylic acids is 1. The van der Waals surface area contributed by atoms with Gasteiger partial charge in [0.1, 0.15) is 5.94 Å². The van der Waals surface area contributed by atoms with Crippen LogP contribution in [0.4, 0.5) is 0 Å². The zero-order valence-corrected chi connectivity index (χ0v) is 14.9. The van der Waals surface area contributed by atoms with Gasteiger partial charge in [0.15, 0.2) is 0 Å². The lowest BCUT2D eigenvalue weighted by molar-refractivity contribution is 0.566. The smallest absolute Gasteiger partial charge is 0.120 e. The van der Waals surface area contributed by atoms with Crippen molar-refractivity contribution >= 4 is 5.94 Å². The summed E-state index contributed by atoms with van der Waals surface area (Å²) in [7, 11) is 0. The fourth-order valence-electron chi connectivity index (χ4n) is 2.28. The van der Waals surface area contributed by atoms with Gasteiger partial charge in [-0.2, -0.15) is 0 Å². The fourth-order valence-corrected chi connectivity index (χ4v) is 2.28. The molecule has 0 aromatic heterocycles. The highest BCUT2D eigenvalue weighted by Crippen LogP contribution is 2.10. The summed E-state index contributed by atoms with van der Waals surface area (Å²) in [4.78, 5) is 9.94. The Balaban J connectivity index is 3.36. The van der Waals surface area contributed by atoms with Gasteiger partial charge in [-0.05, 0) is 19.3 Å². The van der Waals surface area contributed by atoms with E-state index in [9.17, 15) is 4.79 Å². The molecular weight excluding hydrogens is 280 g/mol. The van der Waals surface area contributed by atoms with E-state index in [-0.39, 0.29) is 0 Å². The highest BCUT2D eigenvalue weighted by Gasteiger charge is 1.90. The maximum atomic E-state index is 9.94. The third-order valence-electron chi connectivity index (χ3n) is 3.64. The van der Waals surface area contributed by atoms with Crippen molar-refractivity contribution in [1.29, 1.82) is 0 Å². The van der Waals surface area contributed by atoms with Gasteiger partial charge in [-0.3, -0.25) is 0 Å². The third-order valence-corrected chi connectivity index (χ3v) is 3.64. The van der Waals surface area contributed by atoms with Crippen molar-refractivity contribution in [3.63, 3.8) is 0 Å². The molecule has 128 valence electrons. The van der Waals surface area contributed by atoms with E-state index in [0.29, 0.717) is 6.42 Å². The lowest BCUT2D eigenvalue weighted by atomic mass is 10.1. The maximum Gasteiger partial charge on any atom is 0.120 e. The van der Waals surface area contributed by atoms with E-state index >= 15 is 0 Å². The van der Waals surface area contributed by atoms with Gasteiger partial charge in [0.05, 0.1) is 0 Å². The highest BCUT2D eigenvalue weighted by molar-refractivity contribution is 5.45. The molecule has 0 aliphatic heterocycles. The minimum Gasteiger partial charge on any atom is -0.234 e. The Morgan fingerprint density at radius 1 is 0.652 bits per heavy atom. The second-order valence-corrected chi connectivity index (χ2v) is 5.80. The van der Waals surface area contributed by atoms with Crippen LogP contribution in [0.3, 0.4) is 0 Å². The molecule has 1 heteroatoms. The Labute approximate surface area is 143 Å². The van der Waals surface area contributed by atoms with Crippen LogP contribution < -0.4 is 0 Å². The fraction of sp³-hybridized carbons (Fsp3) is 0.545. The van der Waals surface area contributed by atoms with Gasteiger partial charge in [-0.15, -0.1) is 0 Å². The Kier molecular flexibility index (Phi) is 19.0. The Bertz CT molecular complexity index is 392. The minimum absolute atomic E-state index is 0.649. The molecule has 0 bridgehead atoms. The van der Waals surface area contributed by atoms with Crippen LogP contribution in [0.5, 0.6) is 0 Å². The molecule has 0 aromatic carbocycles. The summed E-state index contributed by atoms with van der Waals surface area (Å²) in [6.07, 6.45) is 32.0. The van der Waals surface area contributed by atoms with E-state index in [2.05, 4.69) is 25.2 Å². The van der Waals surface area contributed by atoms with Crippen molar-refractivity contribution in [3.05, 3.63) is 54.7 Å². The van der Waals surface area contributed by atoms with Crippen molar-refractivity contribution < 1.29 is 4.79 Å². The molecule has 0 N–H and O–H groups in total. The quantitative estimate of drug-likeness (QED) is 0.182. The monoisotopic (exact) mass is 314 g/mol. The van der Waals surface area contributed by atoms with E-state index in [4.69, 9.17) is 0 Å². The summed E-state index contributed by atoms with van der Waals surface area (Å²) in [5.41, 5.74) is 0. The van der Waals surface area contributed by atoms with Gasteiger partial charge < -0.3 is 0 Å². The molecule has 0 fully saturated rings. The summed E-state index contributed by atoms with van der Waals surface area (Å²) in [5, 5.41) is 0. The molecule has 0 saturated heterocycles. The van der Waals surface area contributed by atoms with Crippen molar-refractivity contribution in [2.45, 2.75) is 77.6 Å². The molecular formula is C22H34O. The van der Waals surface area contributed by atoms with E-state index in [1.54, 1.807) is 5.94 Å². The van der Waals surface area contributed by atoms with Crippen LogP contribution in [0.1, 0.15) is 77.6 Å². The van der Waals surface area contributed by atoms with Crippen molar-refractivity contribution in [1.82, 2.24) is 0 Å². The van der Waals surface area contributed by atoms with Gasteiger partial charge in [-0.1, -0.05) is 107 Å². The predicted octanol–water partition coefficient (Wildman–Crippen LogP) is 6.91. The SMILES string of the molecule is CCCCCCCCCCC/C=C/C=C/C=C/C=C/CC=C=O. The zero-order chi connectivity index (χ0) is 16.8. The van der Waals surface area contributed by atoms with Gasteiger partial charge in [0.2, 0.25) is 0 Å². The second-order valence-electron chi connectivity index (χ2n) is 5.80. The van der Waals surface area contributed by atoms with E-state index in [1.807, 2.05) is 30.4 Å². The largest absolute Gasteiger partial charge is 0.234 e. The molecule has 0 aromatic rings. The maximum absolute atomic E-state index is 9.94. The van der Waals surface area contributed by atoms with Gasteiger partial charge in [0.25, 0.3) is 0 Å². The second kappa shape index (κ2) is 20.4. The normalized spacial score (nSPS) is 12.0. The Morgan fingerprint density at radius 3 is 1.78 bits per heavy atom. The molecule has 0 spiro atoms. The zero-order valence-electron chi connectivity index (χ0n) is 14.9. The van der Waals surface area contributed by atoms with E-state index in [0.717, 1.165) is 0 Å². The molecule has 0 atom stereocenters. The number of allylic oxidation sites excluding steroid dienone is 9. The summed E-state index contributed by atoms with van der Waals surface area (Å²) < 4.78 is 0. The summed E-state index contributed by atoms with van der Waals surface area (Å²) in [6.45, 7) is 2.27. The molecule has 0 saturated carbocycles. The van der Waals surface area contributed by atoms with Crippen LogP contribution in [-0.2, 0) is 4.79 Å². The topological polar surface area (TPSA) is 17.1 Å². The summed E-state index contributed by atoms with van der Waals surface area (Å²) >= 11 is 0. The molecule has 1 nitrogen and oxygen atoms in total. The van der Waals surface area contributed by atoms with Gasteiger partial charge >= 0.3 is 0 Å². The molecule has 23 heavy (non-hydrogen) atoms. The van der Waals surface area contributed by atoms with Crippen LogP contribution in [0.25, 0.3) is 0 Å². The number of rotatable bonds is 15. The van der Waals surface area contributed by atoms with Crippen molar-refractivity contribution in [2.75, 3.05) is 0 Å². The van der Waals surface area contributed by atoms with Crippen LogP contribution >= 0.6 is 0 Å². The Morgan fingerprint density at radius 2 is 1.17 bits per heavy atom. The molecule has 0 aliphatic carbocycles. The molecule has 0 rings (SSSR count). The molecule has 0 amide bonds. The van der Waals surface area contributed by atoms with Crippen molar-refractivity contribution in [2.24, 2.45) is 0 Å². The van der Waals surface area contributed by atoms with Gasteiger partial charge in [-0.25, -0.2) is 4.79 Å². The first-order chi connectivity index (χ1) is 11.4. The lowest BCUT2D eigenvalue weighted by Gasteiger charge is -2.00. The summed E-state index contributed by atoms with van der Waals surface area (Å²) in [5.74, 6) is 1.75.